The lowest BCUT2D eigenvalue weighted by atomic mass is 9.98. The molecule has 22 heavy (non-hydrogen) atoms. The first-order chi connectivity index (χ1) is 10.4. The maximum atomic E-state index is 11.5. The summed E-state index contributed by atoms with van der Waals surface area (Å²) in [6.45, 7) is 10.5. The van der Waals surface area contributed by atoms with Gasteiger partial charge in [-0.15, -0.1) is 0 Å². The molecule has 1 saturated heterocycles. The van der Waals surface area contributed by atoms with Gasteiger partial charge >= 0.3 is 5.97 Å². The highest BCUT2D eigenvalue weighted by atomic mass is 16.5. The van der Waals surface area contributed by atoms with Gasteiger partial charge in [-0.1, -0.05) is 12.1 Å². The summed E-state index contributed by atoms with van der Waals surface area (Å²) < 4.78 is 5.05. The number of rotatable bonds is 3. The van der Waals surface area contributed by atoms with Crippen molar-refractivity contribution in [1.82, 2.24) is 10.2 Å². The minimum Gasteiger partial charge on any atom is -0.457 e. The number of esters is 1. The van der Waals surface area contributed by atoms with Gasteiger partial charge in [-0.2, -0.15) is 0 Å². The SMILES string of the molecule is CC(C)(C)N1CCC(NCc2ccc3c(c2)COC3=O)CC1. The molecule has 1 aromatic carbocycles. The standard InChI is InChI=1S/C18H26N2O2/c1-18(2,3)20-8-6-15(7-9-20)19-11-13-4-5-16-14(10-13)12-22-17(16)21/h4-5,10,15,19H,6-9,11-12H2,1-3H3. The van der Waals surface area contributed by atoms with Gasteiger partial charge in [-0.05, 0) is 45.2 Å². The first kappa shape index (κ1) is 15.5. The molecule has 1 aromatic rings. The van der Waals surface area contributed by atoms with Gasteiger partial charge in [-0.25, -0.2) is 4.79 Å². The average molecular weight is 302 g/mol. The Kier molecular flexibility index (Phi) is 4.24. The van der Waals surface area contributed by atoms with Crippen molar-refractivity contribution < 1.29 is 9.53 Å². The first-order valence-electron chi connectivity index (χ1n) is 8.21. The van der Waals surface area contributed by atoms with Gasteiger partial charge in [0, 0.05) is 36.8 Å². The van der Waals surface area contributed by atoms with Crippen molar-refractivity contribution in [2.75, 3.05) is 13.1 Å². The number of nitrogens with zero attached hydrogens (tertiary/aromatic N) is 1. The Morgan fingerprint density at radius 3 is 2.68 bits per heavy atom. The molecule has 0 bridgehead atoms. The molecule has 2 aliphatic rings. The molecule has 4 heteroatoms. The molecule has 4 nitrogen and oxygen atoms in total. The molecule has 0 saturated carbocycles. The third-order valence-corrected chi connectivity index (χ3v) is 4.79. The summed E-state index contributed by atoms with van der Waals surface area (Å²) in [7, 11) is 0. The van der Waals surface area contributed by atoms with Crippen molar-refractivity contribution in [3.63, 3.8) is 0 Å². The van der Waals surface area contributed by atoms with E-state index in [2.05, 4.69) is 37.1 Å². The van der Waals surface area contributed by atoms with Crippen LogP contribution in [0, 0.1) is 0 Å². The van der Waals surface area contributed by atoms with E-state index in [1.807, 2.05) is 12.1 Å². The molecule has 2 aliphatic heterocycles. The Hall–Kier alpha value is -1.39. The van der Waals surface area contributed by atoms with Gasteiger partial charge in [0.15, 0.2) is 0 Å². The molecule has 0 amide bonds. The fourth-order valence-corrected chi connectivity index (χ4v) is 3.31. The molecule has 1 fully saturated rings. The molecule has 2 heterocycles. The van der Waals surface area contributed by atoms with Crippen LogP contribution in [0.2, 0.25) is 0 Å². The highest BCUT2D eigenvalue weighted by Crippen LogP contribution is 2.22. The molecule has 0 unspecified atom stereocenters. The van der Waals surface area contributed by atoms with E-state index in [4.69, 9.17) is 4.74 Å². The van der Waals surface area contributed by atoms with Crippen LogP contribution in [-0.2, 0) is 17.9 Å². The Balaban J connectivity index is 1.51. The van der Waals surface area contributed by atoms with E-state index in [0.29, 0.717) is 12.6 Å². The van der Waals surface area contributed by atoms with E-state index in [9.17, 15) is 4.79 Å². The molecule has 0 radical (unpaired) electrons. The Morgan fingerprint density at radius 2 is 2.00 bits per heavy atom. The van der Waals surface area contributed by atoms with Gasteiger partial charge < -0.3 is 10.1 Å². The lowest BCUT2D eigenvalue weighted by Crippen LogP contribution is -2.49. The number of ether oxygens (including phenoxy) is 1. The maximum Gasteiger partial charge on any atom is 0.338 e. The smallest absolute Gasteiger partial charge is 0.338 e. The molecular weight excluding hydrogens is 276 g/mol. The van der Waals surface area contributed by atoms with Gasteiger partial charge in [0.2, 0.25) is 0 Å². The summed E-state index contributed by atoms with van der Waals surface area (Å²) in [5.74, 6) is -0.191. The Labute approximate surface area is 132 Å². The normalized spacial score (nSPS) is 20.0. The number of hydrogen-bond acceptors (Lipinski definition) is 4. The van der Waals surface area contributed by atoms with E-state index in [0.717, 1.165) is 30.8 Å². The van der Waals surface area contributed by atoms with E-state index in [-0.39, 0.29) is 11.5 Å². The number of carbonyl (C=O) groups is 1. The summed E-state index contributed by atoms with van der Waals surface area (Å²) in [5, 5.41) is 3.66. The zero-order valence-corrected chi connectivity index (χ0v) is 13.8. The van der Waals surface area contributed by atoms with Crippen LogP contribution >= 0.6 is 0 Å². The van der Waals surface area contributed by atoms with Gasteiger partial charge in [-0.3, -0.25) is 4.90 Å². The fraction of sp³-hybridized carbons (Fsp3) is 0.611. The summed E-state index contributed by atoms with van der Waals surface area (Å²) in [6.07, 6.45) is 2.40. The van der Waals surface area contributed by atoms with Crippen molar-refractivity contribution >= 4 is 5.97 Å². The van der Waals surface area contributed by atoms with Crippen LogP contribution in [0.4, 0.5) is 0 Å². The quantitative estimate of drug-likeness (QED) is 0.872. The number of piperidine rings is 1. The number of benzene rings is 1. The monoisotopic (exact) mass is 302 g/mol. The number of hydrogen-bond donors (Lipinski definition) is 1. The number of nitrogens with one attached hydrogen (secondary N) is 1. The number of likely N-dealkylation sites (tertiary alicyclic amines) is 1. The summed E-state index contributed by atoms with van der Waals surface area (Å²) in [5.41, 5.74) is 3.25. The second-order valence-corrected chi connectivity index (χ2v) is 7.38. The minimum atomic E-state index is -0.191. The molecule has 0 aromatic heterocycles. The lowest BCUT2D eigenvalue weighted by Gasteiger charge is -2.41. The van der Waals surface area contributed by atoms with Crippen LogP contribution in [0.5, 0.6) is 0 Å². The van der Waals surface area contributed by atoms with Crippen LogP contribution in [0.25, 0.3) is 0 Å². The predicted octanol–water partition coefficient (Wildman–Crippen LogP) is 2.71. The molecule has 120 valence electrons. The third-order valence-electron chi connectivity index (χ3n) is 4.79. The molecule has 3 rings (SSSR count). The van der Waals surface area contributed by atoms with Gasteiger partial charge in [0.1, 0.15) is 6.61 Å². The molecule has 0 aliphatic carbocycles. The fourth-order valence-electron chi connectivity index (χ4n) is 3.31. The van der Waals surface area contributed by atoms with Crippen molar-refractivity contribution in [2.24, 2.45) is 0 Å². The number of cyclic esters (lactones) is 1. The third kappa shape index (κ3) is 3.33. The van der Waals surface area contributed by atoms with Crippen LogP contribution in [0.15, 0.2) is 18.2 Å². The topological polar surface area (TPSA) is 41.6 Å². The Morgan fingerprint density at radius 1 is 1.27 bits per heavy atom. The molecular formula is C18H26N2O2. The second-order valence-electron chi connectivity index (χ2n) is 7.38. The van der Waals surface area contributed by atoms with Crippen LogP contribution < -0.4 is 5.32 Å². The molecule has 0 atom stereocenters. The second kappa shape index (κ2) is 6.01. The Bertz CT molecular complexity index is 555. The lowest BCUT2D eigenvalue weighted by molar-refractivity contribution is 0.0535. The van der Waals surface area contributed by atoms with E-state index in [1.165, 1.54) is 18.4 Å². The minimum absolute atomic E-state index is 0.191. The number of fused-ring (bicyclic) bond motifs is 1. The first-order valence-corrected chi connectivity index (χ1v) is 8.21. The van der Waals surface area contributed by atoms with Crippen molar-refractivity contribution in [2.45, 2.75) is 58.3 Å². The number of carbonyl (C=O) groups excluding carboxylic acids is 1. The zero-order valence-electron chi connectivity index (χ0n) is 13.8. The highest BCUT2D eigenvalue weighted by Gasteiger charge is 2.26. The van der Waals surface area contributed by atoms with E-state index < -0.39 is 0 Å². The van der Waals surface area contributed by atoms with Gasteiger partial charge in [0.25, 0.3) is 0 Å². The van der Waals surface area contributed by atoms with Crippen LogP contribution in [0.1, 0.15) is 55.1 Å². The summed E-state index contributed by atoms with van der Waals surface area (Å²) in [6, 6.07) is 6.61. The van der Waals surface area contributed by atoms with Crippen molar-refractivity contribution in [3.8, 4) is 0 Å². The van der Waals surface area contributed by atoms with Crippen molar-refractivity contribution in [1.29, 1.82) is 0 Å². The maximum absolute atomic E-state index is 11.5. The van der Waals surface area contributed by atoms with Crippen molar-refractivity contribution in [3.05, 3.63) is 34.9 Å². The van der Waals surface area contributed by atoms with Crippen LogP contribution in [0.3, 0.4) is 0 Å². The zero-order chi connectivity index (χ0) is 15.7. The van der Waals surface area contributed by atoms with Gasteiger partial charge in [0.05, 0.1) is 5.56 Å². The summed E-state index contributed by atoms with van der Waals surface area (Å²) >= 11 is 0. The van der Waals surface area contributed by atoms with E-state index in [1.54, 1.807) is 0 Å². The predicted molar refractivity (Wildman–Crippen MR) is 86.7 cm³/mol. The molecule has 0 spiro atoms. The van der Waals surface area contributed by atoms with Crippen LogP contribution in [-0.4, -0.2) is 35.5 Å². The highest BCUT2D eigenvalue weighted by molar-refractivity contribution is 5.93. The molecule has 1 N–H and O–H groups in total. The summed E-state index contributed by atoms with van der Waals surface area (Å²) in [4.78, 5) is 14.0. The van der Waals surface area contributed by atoms with E-state index >= 15 is 0 Å². The average Bonchev–Trinajstić information content (AvgIpc) is 2.86. The largest absolute Gasteiger partial charge is 0.457 e.